The van der Waals surface area contributed by atoms with Crippen molar-refractivity contribution in [3.8, 4) is 0 Å². The second-order valence-electron chi connectivity index (χ2n) is 4.34. The van der Waals surface area contributed by atoms with E-state index in [1.54, 1.807) is 0 Å². The maximum atomic E-state index is 12.6. The van der Waals surface area contributed by atoms with Crippen molar-refractivity contribution in [1.29, 1.82) is 0 Å². The van der Waals surface area contributed by atoms with Gasteiger partial charge in [-0.05, 0) is 43.5 Å². The number of hydrogen-bond acceptors (Lipinski definition) is 1. The number of rotatable bonds is 4. The molecule has 1 nitrogen and oxygen atoms in total. The van der Waals surface area contributed by atoms with Crippen LogP contribution in [0.15, 0.2) is 34.8 Å². The lowest BCUT2D eigenvalue weighted by Gasteiger charge is -2.16. The van der Waals surface area contributed by atoms with Gasteiger partial charge < -0.3 is 5.73 Å². The van der Waals surface area contributed by atoms with E-state index in [9.17, 15) is 13.2 Å². The number of benzene rings is 1. The third-order valence-electron chi connectivity index (χ3n) is 2.60. The normalized spacial score (nSPS) is 13.4. The lowest BCUT2D eigenvalue weighted by atomic mass is 9.99. The summed E-state index contributed by atoms with van der Waals surface area (Å²) in [5.74, 6) is 0. The molecular weight excluding hydrogens is 307 g/mol. The predicted molar refractivity (Wildman–Crippen MR) is 70.1 cm³/mol. The molecule has 1 aromatic carbocycles. The summed E-state index contributed by atoms with van der Waals surface area (Å²) in [6.07, 6.45) is -3.07. The molecule has 0 amide bonds. The number of hydrogen-bond donors (Lipinski definition) is 1. The van der Waals surface area contributed by atoms with E-state index in [4.69, 9.17) is 5.73 Å². The van der Waals surface area contributed by atoms with Crippen molar-refractivity contribution >= 4 is 15.9 Å². The maximum Gasteiger partial charge on any atom is 0.416 e. The third-order valence-corrected chi connectivity index (χ3v) is 3.33. The second-order valence-corrected chi connectivity index (χ2v) is 5.19. The molecular formula is C13H15BrF3N. The smallest absolute Gasteiger partial charge is 0.324 e. The lowest BCUT2D eigenvalue weighted by molar-refractivity contribution is -0.137. The minimum absolute atomic E-state index is 0.432. The summed E-state index contributed by atoms with van der Waals surface area (Å²) < 4.78 is 38.4. The van der Waals surface area contributed by atoms with Crippen LogP contribution < -0.4 is 5.73 Å². The molecule has 0 bridgehead atoms. The van der Waals surface area contributed by atoms with Gasteiger partial charge in [0.1, 0.15) is 0 Å². The van der Waals surface area contributed by atoms with E-state index in [-0.39, 0.29) is 0 Å². The molecule has 1 rings (SSSR count). The van der Waals surface area contributed by atoms with Crippen LogP contribution in [0.2, 0.25) is 0 Å². The molecule has 0 fully saturated rings. The highest BCUT2D eigenvalue weighted by molar-refractivity contribution is 9.10. The average molecular weight is 322 g/mol. The first kappa shape index (κ1) is 15.2. The molecule has 0 saturated heterocycles. The van der Waals surface area contributed by atoms with Crippen LogP contribution in [0.3, 0.4) is 0 Å². The Balaban J connectivity index is 2.97. The maximum absolute atomic E-state index is 12.6. The van der Waals surface area contributed by atoms with Crippen LogP contribution in [0.1, 0.15) is 36.9 Å². The Morgan fingerprint density at radius 3 is 2.56 bits per heavy atom. The number of halogens is 4. The van der Waals surface area contributed by atoms with Crippen molar-refractivity contribution in [2.75, 3.05) is 0 Å². The first-order chi connectivity index (χ1) is 8.21. The summed E-state index contributed by atoms with van der Waals surface area (Å²) in [6, 6.07) is 3.10. The van der Waals surface area contributed by atoms with E-state index in [1.165, 1.54) is 6.07 Å². The van der Waals surface area contributed by atoms with Crippen molar-refractivity contribution in [2.45, 2.75) is 32.0 Å². The Morgan fingerprint density at radius 1 is 1.44 bits per heavy atom. The van der Waals surface area contributed by atoms with E-state index in [2.05, 4.69) is 22.5 Å². The fraction of sp³-hybridized carbons (Fsp3) is 0.385. The zero-order valence-electron chi connectivity index (χ0n) is 10.0. The fourth-order valence-corrected chi connectivity index (χ4v) is 2.10. The molecule has 0 aliphatic rings. The van der Waals surface area contributed by atoms with Crippen molar-refractivity contribution in [3.05, 3.63) is 46.0 Å². The van der Waals surface area contributed by atoms with Crippen LogP contribution in [0, 0.1) is 0 Å². The Morgan fingerprint density at radius 2 is 2.06 bits per heavy atom. The zero-order valence-corrected chi connectivity index (χ0v) is 11.6. The van der Waals surface area contributed by atoms with Crippen LogP contribution in [0.4, 0.5) is 13.2 Å². The Hall–Kier alpha value is -0.810. The molecule has 0 aromatic heterocycles. The van der Waals surface area contributed by atoms with Gasteiger partial charge in [-0.15, -0.1) is 6.58 Å². The van der Waals surface area contributed by atoms with Gasteiger partial charge in [0, 0.05) is 10.5 Å². The summed E-state index contributed by atoms with van der Waals surface area (Å²) in [7, 11) is 0. The lowest BCUT2D eigenvalue weighted by Crippen LogP contribution is -2.13. The summed E-state index contributed by atoms with van der Waals surface area (Å²) in [5.41, 5.74) is 6.69. The van der Waals surface area contributed by atoms with Crippen molar-refractivity contribution in [2.24, 2.45) is 5.73 Å². The van der Waals surface area contributed by atoms with Crippen LogP contribution in [0.5, 0.6) is 0 Å². The van der Waals surface area contributed by atoms with Crippen LogP contribution in [-0.2, 0) is 6.18 Å². The average Bonchev–Trinajstić information content (AvgIpc) is 2.24. The molecule has 0 radical (unpaired) electrons. The van der Waals surface area contributed by atoms with Gasteiger partial charge in [0.25, 0.3) is 0 Å². The molecule has 0 saturated carbocycles. The zero-order chi connectivity index (χ0) is 13.9. The molecule has 5 heteroatoms. The van der Waals surface area contributed by atoms with Crippen molar-refractivity contribution in [3.63, 3.8) is 0 Å². The van der Waals surface area contributed by atoms with E-state index < -0.39 is 17.8 Å². The number of alkyl halides is 3. The van der Waals surface area contributed by atoms with Gasteiger partial charge in [0.2, 0.25) is 0 Å². The first-order valence-corrected chi connectivity index (χ1v) is 6.27. The second kappa shape index (κ2) is 5.89. The van der Waals surface area contributed by atoms with E-state index in [0.29, 0.717) is 22.9 Å². The summed E-state index contributed by atoms with van der Waals surface area (Å²) in [6.45, 7) is 5.62. The predicted octanol–water partition coefficient (Wildman–Crippen LogP) is 4.82. The quantitative estimate of drug-likeness (QED) is 0.790. The highest BCUT2D eigenvalue weighted by Gasteiger charge is 2.31. The molecule has 0 spiro atoms. The van der Waals surface area contributed by atoms with Crippen molar-refractivity contribution in [1.82, 2.24) is 0 Å². The van der Waals surface area contributed by atoms with Crippen LogP contribution in [-0.4, -0.2) is 0 Å². The number of nitrogens with two attached hydrogens (primary N) is 1. The summed E-state index contributed by atoms with van der Waals surface area (Å²) >= 11 is 3.24. The Labute approximate surface area is 113 Å². The van der Waals surface area contributed by atoms with Gasteiger partial charge >= 0.3 is 6.18 Å². The molecule has 1 atom stereocenters. The molecule has 100 valence electrons. The molecule has 1 unspecified atom stereocenters. The van der Waals surface area contributed by atoms with Gasteiger partial charge in [-0.25, -0.2) is 0 Å². The van der Waals surface area contributed by atoms with Gasteiger partial charge in [0.05, 0.1) is 5.56 Å². The van der Waals surface area contributed by atoms with Gasteiger partial charge in [-0.2, -0.15) is 13.2 Å². The van der Waals surface area contributed by atoms with Gasteiger partial charge in [-0.3, -0.25) is 0 Å². The summed E-state index contributed by atoms with van der Waals surface area (Å²) in [4.78, 5) is 0. The Bertz CT molecular complexity index is 440. The van der Waals surface area contributed by atoms with Gasteiger partial charge in [0.15, 0.2) is 0 Å². The fourth-order valence-electron chi connectivity index (χ4n) is 1.56. The first-order valence-electron chi connectivity index (χ1n) is 5.48. The molecule has 18 heavy (non-hydrogen) atoms. The summed E-state index contributed by atoms with van der Waals surface area (Å²) in [5, 5.41) is 0. The molecule has 1 aromatic rings. The minimum Gasteiger partial charge on any atom is -0.324 e. The molecule has 0 aliphatic heterocycles. The number of allylic oxidation sites excluding steroid dienone is 1. The monoisotopic (exact) mass is 321 g/mol. The largest absolute Gasteiger partial charge is 0.416 e. The van der Waals surface area contributed by atoms with E-state index in [1.807, 2.05) is 6.92 Å². The minimum atomic E-state index is -4.34. The topological polar surface area (TPSA) is 26.0 Å². The van der Waals surface area contributed by atoms with Gasteiger partial charge in [-0.1, -0.05) is 21.5 Å². The van der Waals surface area contributed by atoms with E-state index >= 15 is 0 Å². The molecule has 2 N–H and O–H groups in total. The standard InChI is InChI=1S/C13H15BrF3N/c1-8(2)3-6-12(18)10-7-9(13(15,16)17)4-5-11(10)14/h4-5,7,12H,1,3,6,18H2,2H3. The van der Waals surface area contributed by atoms with Crippen LogP contribution in [0.25, 0.3) is 0 Å². The third kappa shape index (κ3) is 4.14. The molecule has 0 heterocycles. The van der Waals surface area contributed by atoms with Crippen LogP contribution >= 0.6 is 15.9 Å². The van der Waals surface area contributed by atoms with E-state index in [0.717, 1.165) is 17.7 Å². The van der Waals surface area contributed by atoms with Crippen molar-refractivity contribution < 1.29 is 13.2 Å². The highest BCUT2D eigenvalue weighted by atomic mass is 79.9. The molecule has 0 aliphatic carbocycles. The SMILES string of the molecule is C=C(C)CCC(N)c1cc(C(F)(F)F)ccc1Br. The Kier molecular flexibility index (Phi) is 4.99. The highest BCUT2D eigenvalue weighted by Crippen LogP contribution is 2.34.